The van der Waals surface area contributed by atoms with Gasteiger partial charge in [0, 0.05) is 6.54 Å². The van der Waals surface area contributed by atoms with Crippen LogP contribution in [-0.4, -0.2) is 52.5 Å². The van der Waals surface area contributed by atoms with Gasteiger partial charge in [0.1, 0.15) is 0 Å². The zero-order valence-corrected chi connectivity index (χ0v) is 10.6. The van der Waals surface area contributed by atoms with Crippen molar-refractivity contribution in [2.45, 2.75) is 25.8 Å². The maximum Gasteiger partial charge on any atom is 0.358 e. The minimum Gasteiger partial charge on any atom is -0.493 e. The lowest BCUT2D eigenvalue weighted by Crippen LogP contribution is -2.33. The maximum absolute atomic E-state index is 11.2. The first-order valence-electron chi connectivity index (χ1n) is 6.28. The zero-order chi connectivity index (χ0) is 13.0. The Morgan fingerprint density at radius 3 is 2.72 bits per heavy atom. The summed E-state index contributed by atoms with van der Waals surface area (Å²) in [5.74, 6) is -0.677. The van der Waals surface area contributed by atoms with Crippen LogP contribution in [0.1, 0.15) is 29.8 Å². The van der Waals surface area contributed by atoms with Crippen LogP contribution in [0.2, 0.25) is 0 Å². The number of rotatable bonds is 5. The van der Waals surface area contributed by atoms with Crippen LogP contribution in [0.4, 0.5) is 0 Å². The van der Waals surface area contributed by atoms with Crippen LogP contribution in [0, 0.1) is 0 Å². The Labute approximate surface area is 106 Å². The molecule has 0 saturated carbocycles. The van der Waals surface area contributed by atoms with Crippen LogP contribution in [0.5, 0.6) is 5.75 Å². The first kappa shape index (κ1) is 12.9. The first-order chi connectivity index (χ1) is 8.72. The molecule has 1 aliphatic rings. The smallest absolute Gasteiger partial charge is 0.358 e. The molecule has 1 saturated heterocycles. The molecule has 1 fully saturated rings. The highest BCUT2D eigenvalue weighted by atomic mass is 16.5. The molecule has 0 amide bonds. The Bertz CT molecular complexity index is 411. The van der Waals surface area contributed by atoms with E-state index in [9.17, 15) is 4.79 Å². The van der Waals surface area contributed by atoms with E-state index in [0.29, 0.717) is 12.3 Å². The van der Waals surface area contributed by atoms with Gasteiger partial charge in [0.25, 0.3) is 0 Å². The van der Waals surface area contributed by atoms with Crippen molar-refractivity contribution in [3.8, 4) is 5.75 Å². The molecule has 0 atom stereocenters. The number of hydrogen-bond acceptors (Lipinski definition) is 4. The summed E-state index contributed by atoms with van der Waals surface area (Å²) in [5, 5.41) is 13.2. The third-order valence-corrected chi connectivity index (χ3v) is 3.31. The molecule has 1 aromatic rings. The molecule has 0 bridgehead atoms. The summed E-state index contributed by atoms with van der Waals surface area (Å²) in [6, 6.07) is 0. The topological polar surface area (TPSA) is 67.6 Å². The molecule has 18 heavy (non-hydrogen) atoms. The van der Waals surface area contributed by atoms with Gasteiger partial charge in [-0.15, -0.1) is 0 Å². The van der Waals surface area contributed by atoms with Gasteiger partial charge in [-0.3, -0.25) is 4.68 Å². The van der Waals surface area contributed by atoms with E-state index in [4.69, 9.17) is 9.84 Å². The second-order valence-electron chi connectivity index (χ2n) is 4.49. The van der Waals surface area contributed by atoms with Gasteiger partial charge in [-0.05, 0) is 25.9 Å². The second kappa shape index (κ2) is 5.86. The minimum absolute atomic E-state index is 0.134. The molecule has 2 rings (SSSR count). The molecule has 0 aliphatic carbocycles. The van der Waals surface area contributed by atoms with Gasteiger partial charge in [-0.2, -0.15) is 5.10 Å². The largest absolute Gasteiger partial charge is 0.493 e. The van der Waals surface area contributed by atoms with Crippen molar-refractivity contribution in [3.05, 3.63) is 11.9 Å². The molecule has 0 radical (unpaired) electrons. The Kier molecular flexibility index (Phi) is 4.19. The number of aromatic carboxylic acids is 1. The van der Waals surface area contributed by atoms with Gasteiger partial charge in [0.15, 0.2) is 11.4 Å². The summed E-state index contributed by atoms with van der Waals surface area (Å²) in [6.07, 6.45) is 5.22. The fourth-order valence-electron chi connectivity index (χ4n) is 2.32. The number of ether oxygens (including phenoxy) is 1. The quantitative estimate of drug-likeness (QED) is 0.850. The number of piperidine rings is 1. The molecule has 6 nitrogen and oxygen atoms in total. The SMILES string of the molecule is COc1cnn(CCN2CCCCC2)c1C(=O)O. The standard InChI is InChI=1S/C12H19N3O3/c1-18-10-9-13-15(11(10)12(16)17)8-7-14-5-3-2-4-6-14/h9H,2-8H2,1H3,(H,16,17). The van der Waals surface area contributed by atoms with Gasteiger partial charge in [0.2, 0.25) is 0 Å². The third-order valence-electron chi connectivity index (χ3n) is 3.31. The average molecular weight is 253 g/mol. The number of carbonyl (C=O) groups is 1. The molecule has 2 heterocycles. The molecule has 100 valence electrons. The number of hydrogen-bond donors (Lipinski definition) is 1. The van der Waals surface area contributed by atoms with E-state index in [0.717, 1.165) is 19.6 Å². The molecule has 0 unspecified atom stereocenters. The van der Waals surface area contributed by atoms with E-state index in [2.05, 4.69) is 10.00 Å². The molecule has 0 spiro atoms. The average Bonchev–Trinajstić information content (AvgIpc) is 2.80. The molecule has 1 N–H and O–H groups in total. The van der Waals surface area contributed by atoms with Gasteiger partial charge >= 0.3 is 5.97 Å². The van der Waals surface area contributed by atoms with Gasteiger partial charge < -0.3 is 14.7 Å². The number of carboxylic acids is 1. The van der Waals surface area contributed by atoms with Crippen LogP contribution in [0.15, 0.2) is 6.20 Å². The normalized spacial score (nSPS) is 16.7. The van der Waals surface area contributed by atoms with Crippen molar-refractivity contribution < 1.29 is 14.6 Å². The highest BCUT2D eigenvalue weighted by Gasteiger charge is 2.19. The zero-order valence-electron chi connectivity index (χ0n) is 10.6. The van der Waals surface area contributed by atoms with Crippen molar-refractivity contribution >= 4 is 5.97 Å². The molecule has 6 heteroatoms. The minimum atomic E-state index is -0.997. The predicted octanol–water partition coefficient (Wildman–Crippen LogP) is 1.08. The van der Waals surface area contributed by atoms with E-state index in [1.54, 1.807) is 0 Å². The van der Waals surface area contributed by atoms with Crippen LogP contribution >= 0.6 is 0 Å². The summed E-state index contributed by atoms with van der Waals surface area (Å²) in [6.45, 7) is 3.62. The van der Waals surface area contributed by atoms with E-state index >= 15 is 0 Å². The van der Waals surface area contributed by atoms with Crippen molar-refractivity contribution in [1.29, 1.82) is 0 Å². The summed E-state index contributed by atoms with van der Waals surface area (Å²) >= 11 is 0. The fraction of sp³-hybridized carbons (Fsp3) is 0.667. The van der Waals surface area contributed by atoms with Crippen LogP contribution in [0.25, 0.3) is 0 Å². The molecule has 1 aliphatic heterocycles. The van der Waals surface area contributed by atoms with Crippen LogP contribution in [-0.2, 0) is 6.54 Å². The number of methoxy groups -OCH3 is 1. The lowest BCUT2D eigenvalue weighted by molar-refractivity contribution is 0.0678. The summed E-state index contributed by atoms with van der Waals surface area (Å²) in [7, 11) is 1.46. The molecular formula is C12H19N3O3. The molecule has 0 aromatic carbocycles. The monoisotopic (exact) mass is 253 g/mol. The van der Waals surface area contributed by atoms with Crippen molar-refractivity contribution in [1.82, 2.24) is 14.7 Å². The van der Waals surface area contributed by atoms with Crippen molar-refractivity contribution in [2.75, 3.05) is 26.7 Å². The summed E-state index contributed by atoms with van der Waals surface area (Å²) in [4.78, 5) is 13.5. The lowest BCUT2D eigenvalue weighted by Gasteiger charge is -2.26. The Morgan fingerprint density at radius 1 is 1.39 bits per heavy atom. The van der Waals surface area contributed by atoms with E-state index in [-0.39, 0.29) is 5.69 Å². The van der Waals surface area contributed by atoms with Crippen LogP contribution in [0.3, 0.4) is 0 Å². The number of nitrogens with zero attached hydrogens (tertiary/aromatic N) is 3. The van der Waals surface area contributed by atoms with E-state index in [1.165, 1.54) is 37.3 Å². The van der Waals surface area contributed by atoms with Crippen molar-refractivity contribution in [3.63, 3.8) is 0 Å². The van der Waals surface area contributed by atoms with E-state index in [1.807, 2.05) is 0 Å². The van der Waals surface area contributed by atoms with E-state index < -0.39 is 5.97 Å². The summed E-state index contributed by atoms with van der Waals surface area (Å²) < 4.78 is 6.51. The number of likely N-dealkylation sites (tertiary alicyclic amines) is 1. The Hall–Kier alpha value is -1.56. The van der Waals surface area contributed by atoms with Crippen LogP contribution < -0.4 is 4.74 Å². The molecular weight excluding hydrogens is 234 g/mol. The maximum atomic E-state index is 11.2. The van der Waals surface area contributed by atoms with Gasteiger partial charge in [-0.25, -0.2) is 4.79 Å². The first-order valence-corrected chi connectivity index (χ1v) is 6.28. The highest BCUT2D eigenvalue weighted by molar-refractivity contribution is 5.88. The highest BCUT2D eigenvalue weighted by Crippen LogP contribution is 2.17. The predicted molar refractivity (Wildman–Crippen MR) is 66.0 cm³/mol. The second-order valence-corrected chi connectivity index (χ2v) is 4.49. The third kappa shape index (κ3) is 2.81. The van der Waals surface area contributed by atoms with Gasteiger partial charge in [-0.1, -0.05) is 6.42 Å². The summed E-state index contributed by atoms with van der Waals surface area (Å²) in [5.41, 5.74) is 0.134. The molecule has 1 aromatic heterocycles. The van der Waals surface area contributed by atoms with Gasteiger partial charge in [0.05, 0.1) is 19.9 Å². The van der Waals surface area contributed by atoms with Crippen molar-refractivity contribution in [2.24, 2.45) is 0 Å². The number of carboxylic acid groups (broad SMARTS) is 1. The lowest BCUT2D eigenvalue weighted by atomic mass is 10.1. The number of aromatic nitrogens is 2. The Balaban J connectivity index is 2.00. The fourth-order valence-corrected chi connectivity index (χ4v) is 2.32. The Morgan fingerprint density at radius 2 is 2.11 bits per heavy atom.